The van der Waals surface area contributed by atoms with Gasteiger partial charge in [-0.3, -0.25) is 24.1 Å². The SMILES string of the molecule is CC(C)Oc1ccc(N(C(=O)c2ccc(Cl)cc2)c2cc3ccccc3c(=O)[nH]2)cc1F.CC(C)Oc1ccc(Nc2[nH]c(=O)c3ccccc3c2C(=O)c2ccc(Cl)cc2)cc1F. The molecule has 3 N–H and O–H groups in total. The molecule has 2 heterocycles. The van der Waals surface area contributed by atoms with Crippen molar-refractivity contribution in [2.45, 2.75) is 39.9 Å². The zero-order chi connectivity index (χ0) is 45.7. The van der Waals surface area contributed by atoms with E-state index in [-0.39, 0.29) is 63.5 Å². The number of rotatable bonds is 11. The number of ether oxygens (including phenoxy) is 2. The van der Waals surface area contributed by atoms with Gasteiger partial charge >= 0.3 is 0 Å². The third kappa shape index (κ3) is 10.2. The fourth-order valence-corrected chi connectivity index (χ4v) is 7.06. The molecule has 0 fully saturated rings. The Morgan fingerprint density at radius 1 is 0.609 bits per heavy atom. The van der Waals surface area contributed by atoms with Crippen molar-refractivity contribution in [1.82, 2.24) is 9.97 Å². The van der Waals surface area contributed by atoms with Gasteiger partial charge < -0.3 is 24.8 Å². The molecule has 0 spiro atoms. The topological polar surface area (TPSA) is 134 Å². The first-order valence-electron chi connectivity index (χ1n) is 20.0. The molecular formula is C50H40Cl2F2N4O6. The number of halogens is 4. The van der Waals surface area contributed by atoms with Gasteiger partial charge in [0.25, 0.3) is 17.0 Å². The molecule has 0 aliphatic heterocycles. The Morgan fingerprint density at radius 3 is 1.73 bits per heavy atom. The lowest BCUT2D eigenvalue weighted by molar-refractivity contribution is 0.0997. The summed E-state index contributed by atoms with van der Waals surface area (Å²) in [6, 6.07) is 37.0. The number of benzene rings is 6. The van der Waals surface area contributed by atoms with Crippen LogP contribution >= 0.6 is 23.2 Å². The third-order valence-electron chi connectivity index (χ3n) is 9.64. The number of nitrogens with one attached hydrogen (secondary N) is 3. The number of H-pyrrole nitrogens is 2. The van der Waals surface area contributed by atoms with Crippen LogP contribution in [-0.2, 0) is 0 Å². The number of aromatic nitrogens is 2. The quantitative estimate of drug-likeness (QED) is 0.110. The predicted octanol–water partition coefficient (Wildman–Crippen LogP) is 12.2. The molecule has 1 amide bonds. The standard InChI is InChI=1S/2C25H20ClFN2O3/c1-15(2)32-22-12-11-19(14-21(22)27)29(25(31)16-7-9-18(26)10-8-16)23-13-17-5-3-4-6-20(17)24(30)28-23;1-14(2)32-21-12-11-17(13-20(21)27)28-24-22(23(30)15-7-9-16(26)10-8-15)18-5-3-4-6-19(18)25(31)29-24/h3-15H,1-2H3,(H,28,30);3-14H,1-2H3,(H2,28,29,31). The van der Waals surface area contributed by atoms with Gasteiger partial charge in [0.1, 0.15) is 11.6 Å². The minimum atomic E-state index is -0.617. The van der Waals surface area contributed by atoms with E-state index >= 15 is 0 Å². The summed E-state index contributed by atoms with van der Waals surface area (Å²) in [7, 11) is 0. The Morgan fingerprint density at radius 2 is 1.14 bits per heavy atom. The van der Waals surface area contributed by atoms with Crippen LogP contribution in [0.3, 0.4) is 0 Å². The molecule has 64 heavy (non-hydrogen) atoms. The lowest BCUT2D eigenvalue weighted by Gasteiger charge is -2.24. The third-order valence-corrected chi connectivity index (χ3v) is 10.1. The van der Waals surface area contributed by atoms with Crippen molar-refractivity contribution in [3.63, 3.8) is 0 Å². The van der Waals surface area contributed by atoms with Crippen LogP contribution in [0, 0.1) is 11.6 Å². The molecule has 8 rings (SSSR count). The van der Waals surface area contributed by atoms with Crippen LogP contribution in [0.5, 0.6) is 11.5 Å². The maximum absolute atomic E-state index is 14.8. The number of carbonyl (C=O) groups excluding carboxylic acids is 2. The Kier molecular flexibility index (Phi) is 13.6. The number of nitrogens with zero attached hydrogens (tertiary/aromatic N) is 1. The highest BCUT2D eigenvalue weighted by Crippen LogP contribution is 2.33. The zero-order valence-electron chi connectivity index (χ0n) is 34.8. The van der Waals surface area contributed by atoms with Crippen LogP contribution in [0.2, 0.25) is 10.0 Å². The van der Waals surface area contributed by atoms with E-state index in [1.54, 1.807) is 143 Å². The molecular weight excluding hydrogens is 861 g/mol. The van der Waals surface area contributed by atoms with Crippen LogP contribution in [0.15, 0.2) is 149 Å². The lowest BCUT2D eigenvalue weighted by Crippen LogP contribution is -2.28. The second-order valence-electron chi connectivity index (χ2n) is 15.0. The molecule has 10 nitrogen and oxygen atoms in total. The van der Waals surface area contributed by atoms with Gasteiger partial charge in [-0.1, -0.05) is 59.6 Å². The average molecular weight is 902 g/mol. The van der Waals surface area contributed by atoms with Crippen LogP contribution in [0.25, 0.3) is 21.5 Å². The highest BCUT2D eigenvalue weighted by atomic mass is 35.5. The zero-order valence-corrected chi connectivity index (χ0v) is 36.4. The van der Waals surface area contributed by atoms with E-state index in [2.05, 4.69) is 15.3 Å². The summed E-state index contributed by atoms with van der Waals surface area (Å²) >= 11 is 11.9. The molecule has 0 saturated heterocycles. The summed E-state index contributed by atoms with van der Waals surface area (Å²) in [6.07, 6.45) is -0.386. The van der Waals surface area contributed by atoms with Crippen molar-refractivity contribution in [1.29, 1.82) is 0 Å². The summed E-state index contributed by atoms with van der Waals surface area (Å²) in [6.45, 7) is 7.20. The van der Waals surface area contributed by atoms with Crippen LogP contribution in [0.4, 0.5) is 31.8 Å². The van der Waals surface area contributed by atoms with Gasteiger partial charge in [-0.25, -0.2) is 8.78 Å². The number of fused-ring (bicyclic) bond motifs is 2. The van der Waals surface area contributed by atoms with Gasteiger partial charge in [0.15, 0.2) is 28.9 Å². The minimum Gasteiger partial charge on any atom is -0.488 e. The molecule has 0 radical (unpaired) electrons. The van der Waals surface area contributed by atoms with E-state index in [4.69, 9.17) is 32.7 Å². The van der Waals surface area contributed by atoms with E-state index in [1.807, 2.05) is 0 Å². The summed E-state index contributed by atoms with van der Waals surface area (Å²) in [5.41, 5.74) is 0.876. The molecule has 2 aromatic heterocycles. The Hall–Kier alpha value is -7.28. The van der Waals surface area contributed by atoms with Gasteiger partial charge in [0.05, 0.1) is 23.5 Å². The van der Waals surface area contributed by atoms with E-state index in [1.165, 1.54) is 29.2 Å². The summed E-state index contributed by atoms with van der Waals surface area (Å²) in [4.78, 5) is 59.0. The highest BCUT2D eigenvalue weighted by molar-refractivity contribution is 6.31. The Balaban J connectivity index is 0.000000191. The molecule has 0 bridgehead atoms. The number of anilines is 4. The first kappa shape index (κ1) is 44.8. The molecule has 0 unspecified atom stereocenters. The predicted molar refractivity (Wildman–Crippen MR) is 250 cm³/mol. The van der Waals surface area contributed by atoms with Gasteiger partial charge in [-0.15, -0.1) is 0 Å². The van der Waals surface area contributed by atoms with Crippen molar-refractivity contribution in [3.8, 4) is 11.5 Å². The van der Waals surface area contributed by atoms with E-state index < -0.39 is 17.5 Å². The van der Waals surface area contributed by atoms with Crippen LogP contribution in [0.1, 0.15) is 54.0 Å². The van der Waals surface area contributed by atoms with E-state index in [0.29, 0.717) is 48.4 Å². The molecule has 0 aliphatic carbocycles. The summed E-state index contributed by atoms with van der Waals surface area (Å²) < 4.78 is 40.2. The van der Waals surface area contributed by atoms with Crippen molar-refractivity contribution in [3.05, 3.63) is 199 Å². The summed E-state index contributed by atoms with van der Waals surface area (Å²) in [5.74, 6) is -1.35. The second-order valence-corrected chi connectivity index (χ2v) is 15.9. The average Bonchev–Trinajstić information content (AvgIpc) is 3.26. The molecule has 6 aromatic carbocycles. The minimum absolute atomic E-state index is 0.0784. The Labute approximate surface area is 376 Å². The number of hydrogen-bond donors (Lipinski definition) is 3. The summed E-state index contributed by atoms with van der Waals surface area (Å²) in [5, 5.41) is 5.98. The fraction of sp³-hybridized carbons (Fsp3) is 0.120. The molecule has 14 heteroatoms. The van der Waals surface area contributed by atoms with Crippen molar-refractivity contribution < 1.29 is 27.8 Å². The second kappa shape index (κ2) is 19.4. The largest absolute Gasteiger partial charge is 0.488 e. The van der Waals surface area contributed by atoms with Crippen molar-refractivity contribution in [2.75, 3.05) is 10.2 Å². The smallest absolute Gasteiger partial charge is 0.263 e. The molecule has 0 aliphatic rings. The number of pyridine rings is 2. The normalized spacial score (nSPS) is 11.0. The Bertz CT molecular complexity index is 3140. The lowest BCUT2D eigenvalue weighted by atomic mass is 9.98. The van der Waals surface area contributed by atoms with Gasteiger partial charge in [-0.05, 0) is 124 Å². The number of aromatic amines is 2. The number of ketones is 1. The number of carbonyl (C=O) groups is 2. The maximum atomic E-state index is 14.8. The fourth-order valence-electron chi connectivity index (χ4n) is 6.81. The van der Waals surface area contributed by atoms with Crippen molar-refractivity contribution >= 4 is 79.4 Å². The first-order chi connectivity index (χ1) is 30.7. The van der Waals surface area contributed by atoms with E-state index in [9.17, 15) is 28.0 Å². The highest BCUT2D eigenvalue weighted by Gasteiger charge is 2.24. The van der Waals surface area contributed by atoms with Gasteiger partial charge in [0, 0.05) is 55.2 Å². The molecule has 0 atom stereocenters. The molecule has 324 valence electrons. The molecule has 0 saturated carbocycles. The number of hydrogen-bond acceptors (Lipinski definition) is 7. The van der Waals surface area contributed by atoms with Gasteiger partial charge in [-0.2, -0.15) is 0 Å². The molecule has 8 aromatic rings. The maximum Gasteiger partial charge on any atom is 0.263 e. The van der Waals surface area contributed by atoms with Crippen molar-refractivity contribution in [2.24, 2.45) is 0 Å². The first-order valence-corrected chi connectivity index (χ1v) is 20.8. The van der Waals surface area contributed by atoms with Crippen LogP contribution < -0.4 is 30.8 Å². The monoisotopic (exact) mass is 900 g/mol. The number of amides is 1. The van der Waals surface area contributed by atoms with Crippen LogP contribution in [-0.4, -0.2) is 33.9 Å². The van der Waals surface area contributed by atoms with Gasteiger partial charge in [0.2, 0.25) is 0 Å². The van der Waals surface area contributed by atoms with E-state index in [0.717, 1.165) is 0 Å².